The fourth-order valence-corrected chi connectivity index (χ4v) is 5.90. The lowest BCUT2D eigenvalue weighted by Gasteiger charge is -2.42. The van der Waals surface area contributed by atoms with Crippen molar-refractivity contribution in [1.82, 2.24) is 9.80 Å². The van der Waals surface area contributed by atoms with Gasteiger partial charge in [-0.15, -0.1) is 0 Å². The molecule has 1 atom stereocenters. The summed E-state index contributed by atoms with van der Waals surface area (Å²) < 4.78 is 69.4. The Morgan fingerprint density at radius 2 is 1.34 bits per heavy atom. The maximum atomic E-state index is 14.7. The maximum Gasteiger partial charge on any atom is 0.457 e. The highest BCUT2D eigenvalue weighted by Gasteiger charge is 2.74. The Balaban J connectivity index is 1.32. The molecule has 0 saturated carbocycles. The van der Waals surface area contributed by atoms with Crippen LogP contribution in [0.3, 0.4) is 0 Å². The first-order chi connectivity index (χ1) is 19.3. The summed E-state index contributed by atoms with van der Waals surface area (Å²) in [4.78, 5) is 30.0. The predicted molar refractivity (Wildman–Crippen MR) is 145 cm³/mol. The minimum atomic E-state index is -6.12. The fraction of sp³-hybridized carbons (Fsp3) is 0.533. The van der Waals surface area contributed by atoms with Gasteiger partial charge in [-0.1, -0.05) is 30.3 Å². The van der Waals surface area contributed by atoms with Crippen molar-refractivity contribution >= 4 is 17.5 Å². The van der Waals surface area contributed by atoms with Gasteiger partial charge in [0.05, 0.1) is 0 Å². The molecular formula is C30H36F5N3O3. The molecule has 2 heterocycles. The molecule has 4 rings (SSSR count). The lowest BCUT2D eigenvalue weighted by atomic mass is 9.81. The zero-order chi connectivity index (χ0) is 30.0. The van der Waals surface area contributed by atoms with Gasteiger partial charge in [-0.2, -0.15) is 22.0 Å². The number of anilines is 1. The molecule has 2 aromatic carbocycles. The van der Waals surface area contributed by atoms with Crippen LogP contribution in [0.15, 0.2) is 54.6 Å². The third kappa shape index (κ3) is 6.19. The standard InChI is InChI=1S/C30H36F5N3O3/c1-36(2)26(39)23-8-10-25(11-9-23)37-16-12-21(13-17-37)20-22-14-18-38(19-15-22)27(40)28(41,24-6-4-3-5-7-24)29(31,32)30(33,34)35/h3-11,21-22,41H,12-20H2,1-2H3. The molecule has 0 aliphatic carbocycles. The van der Waals surface area contributed by atoms with Crippen molar-refractivity contribution in [2.45, 2.75) is 49.8 Å². The Kier molecular flexibility index (Phi) is 8.96. The molecule has 2 aliphatic rings. The molecule has 1 N–H and O–H groups in total. The number of alkyl halides is 5. The second-order valence-corrected chi connectivity index (χ2v) is 11.3. The van der Waals surface area contributed by atoms with Crippen LogP contribution < -0.4 is 4.90 Å². The highest BCUT2D eigenvalue weighted by molar-refractivity contribution is 5.94. The number of piperidine rings is 2. The first kappa shape index (κ1) is 30.7. The van der Waals surface area contributed by atoms with E-state index in [0.29, 0.717) is 24.3 Å². The number of amides is 2. The summed E-state index contributed by atoms with van der Waals surface area (Å²) in [5.41, 5.74) is -3.17. The molecule has 224 valence electrons. The molecule has 1 unspecified atom stereocenters. The van der Waals surface area contributed by atoms with Crippen LogP contribution in [-0.2, 0) is 10.4 Å². The van der Waals surface area contributed by atoms with Gasteiger partial charge in [0.1, 0.15) is 0 Å². The van der Waals surface area contributed by atoms with Crippen LogP contribution in [0.25, 0.3) is 0 Å². The highest BCUT2D eigenvalue weighted by atomic mass is 19.4. The average molecular weight is 582 g/mol. The van der Waals surface area contributed by atoms with Crippen molar-refractivity contribution in [3.8, 4) is 0 Å². The van der Waals surface area contributed by atoms with Crippen LogP contribution in [-0.4, -0.2) is 79.1 Å². The van der Waals surface area contributed by atoms with Crippen LogP contribution in [0.4, 0.5) is 27.6 Å². The van der Waals surface area contributed by atoms with E-state index in [1.54, 1.807) is 14.1 Å². The van der Waals surface area contributed by atoms with Gasteiger partial charge in [-0.25, -0.2) is 0 Å². The van der Waals surface area contributed by atoms with E-state index in [1.807, 2.05) is 24.3 Å². The van der Waals surface area contributed by atoms with Gasteiger partial charge >= 0.3 is 12.1 Å². The first-order valence-electron chi connectivity index (χ1n) is 13.8. The number of aliphatic hydroxyl groups is 1. The van der Waals surface area contributed by atoms with E-state index < -0.39 is 29.2 Å². The molecule has 2 fully saturated rings. The smallest absolute Gasteiger partial charge is 0.372 e. The third-order valence-corrected chi connectivity index (χ3v) is 8.38. The number of benzene rings is 2. The third-order valence-electron chi connectivity index (χ3n) is 8.38. The van der Waals surface area contributed by atoms with Crippen molar-refractivity contribution in [2.24, 2.45) is 11.8 Å². The minimum Gasteiger partial charge on any atom is -0.372 e. The Labute approximate surface area is 236 Å². The van der Waals surface area contributed by atoms with Gasteiger partial charge in [0, 0.05) is 51.5 Å². The van der Waals surface area contributed by atoms with Gasteiger partial charge in [-0.3, -0.25) is 9.59 Å². The van der Waals surface area contributed by atoms with Crippen LogP contribution >= 0.6 is 0 Å². The van der Waals surface area contributed by atoms with Crippen molar-refractivity contribution < 1.29 is 36.6 Å². The molecule has 11 heteroatoms. The first-order valence-corrected chi connectivity index (χ1v) is 13.8. The quantitative estimate of drug-likeness (QED) is 0.450. The molecule has 2 amide bonds. The maximum absolute atomic E-state index is 14.7. The van der Waals surface area contributed by atoms with E-state index in [2.05, 4.69) is 4.90 Å². The number of rotatable bonds is 7. The second-order valence-electron chi connectivity index (χ2n) is 11.3. The highest BCUT2D eigenvalue weighted by Crippen LogP contribution is 2.49. The second kappa shape index (κ2) is 12.0. The van der Waals surface area contributed by atoms with Crippen LogP contribution in [0.5, 0.6) is 0 Å². The minimum absolute atomic E-state index is 0.00342. The number of nitrogens with zero attached hydrogens (tertiary/aromatic N) is 3. The summed E-state index contributed by atoms with van der Waals surface area (Å²) >= 11 is 0. The Hall–Kier alpha value is -3.21. The molecule has 2 saturated heterocycles. The normalized spacial score (nSPS) is 19.1. The van der Waals surface area contributed by atoms with Crippen LogP contribution in [0.2, 0.25) is 0 Å². The number of halogens is 5. The monoisotopic (exact) mass is 581 g/mol. The van der Waals surface area contributed by atoms with E-state index in [1.165, 1.54) is 23.1 Å². The summed E-state index contributed by atoms with van der Waals surface area (Å²) in [6.45, 7) is 1.70. The van der Waals surface area contributed by atoms with Crippen molar-refractivity contribution in [3.63, 3.8) is 0 Å². The van der Waals surface area contributed by atoms with Gasteiger partial charge in [0.15, 0.2) is 0 Å². The summed E-state index contributed by atoms with van der Waals surface area (Å²) in [6, 6.07) is 13.2. The van der Waals surface area contributed by atoms with Gasteiger partial charge in [0.2, 0.25) is 5.60 Å². The zero-order valence-corrected chi connectivity index (χ0v) is 23.2. The molecular weight excluding hydrogens is 545 g/mol. The molecule has 0 spiro atoms. The van der Waals surface area contributed by atoms with Gasteiger partial charge in [-0.05, 0) is 73.8 Å². The van der Waals surface area contributed by atoms with Crippen LogP contribution in [0.1, 0.15) is 48.0 Å². The number of likely N-dealkylation sites (tertiary alicyclic amines) is 1. The number of hydrogen-bond acceptors (Lipinski definition) is 4. The molecule has 2 aliphatic heterocycles. The van der Waals surface area contributed by atoms with E-state index >= 15 is 0 Å². The Bertz CT molecular complexity index is 1190. The summed E-state index contributed by atoms with van der Waals surface area (Å²) in [5, 5.41) is 10.8. The number of hydrogen-bond donors (Lipinski definition) is 1. The summed E-state index contributed by atoms with van der Waals surface area (Å²) in [5.74, 6) is -6.72. The largest absolute Gasteiger partial charge is 0.457 e. The van der Waals surface area contributed by atoms with Crippen molar-refractivity contribution in [2.75, 3.05) is 45.2 Å². The molecule has 0 bridgehead atoms. The van der Waals surface area contributed by atoms with E-state index in [9.17, 15) is 36.6 Å². The molecule has 6 nitrogen and oxygen atoms in total. The lowest BCUT2D eigenvalue weighted by molar-refractivity contribution is -0.339. The number of carbonyl (C=O) groups is 2. The molecule has 0 radical (unpaired) electrons. The lowest BCUT2D eigenvalue weighted by Crippen LogP contribution is -2.63. The fourth-order valence-electron chi connectivity index (χ4n) is 5.90. The Morgan fingerprint density at radius 1 is 0.829 bits per heavy atom. The zero-order valence-electron chi connectivity index (χ0n) is 23.2. The van der Waals surface area contributed by atoms with E-state index in [0.717, 1.165) is 55.1 Å². The van der Waals surface area contributed by atoms with Gasteiger partial charge in [0.25, 0.3) is 11.8 Å². The summed E-state index contributed by atoms with van der Waals surface area (Å²) in [6.07, 6.45) is -2.41. The van der Waals surface area contributed by atoms with Gasteiger partial charge < -0.3 is 19.8 Å². The molecule has 0 aromatic heterocycles. The number of carbonyl (C=O) groups excluding carboxylic acids is 2. The Morgan fingerprint density at radius 3 is 1.83 bits per heavy atom. The van der Waals surface area contributed by atoms with E-state index in [4.69, 9.17) is 0 Å². The van der Waals surface area contributed by atoms with E-state index in [-0.39, 0.29) is 24.9 Å². The average Bonchev–Trinajstić information content (AvgIpc) is 2.96. The topological polar surface area (TPSA) is 64.1 Å². The molecule has 2 aromatic rings. The molecule has 41 heavy (non-hydrogen) atoms. The SMILES string of the molecule is CN(C)C(=O)c1ccc(N2CCC(CC3CCN(C(=O)C(O)(c4ccccc4)C(F)(F)C(F)(F)F)CC3)CC2)cc1. The van der Waals surface area contributed by atoms with Crippen molar-refractivity contribution in [1.29, 1.82) is 0 Å². The summed E-state index contributed by atoms with van der Waals surface area (Å²) in [7, 11) is 3.42. The predicted octanol–water partition coefficient (Wildman–Crippen LogP) is 5.32. The van der Waals surface area contributed by atoms with Crippen molar-refractivity contribution in [3.05, 3.63) is 65.7 Å². The van der Waals surface area contributed by atoms with Crippen LogP contribution in [0, 0.1) is 11.8 Å².